The predicted octanol–water partition coefficient (Wildman–Crippen LogP) is 4.50. The third kappa shape index (κ3) is 3.58. The normalized spacial score (nSPS) is 29.9. The van der Waals surface area contributed by atoms with E-state index in [9.17, 15) is 5.26 Å². The average Bonchev–Trinajstić information content (AvgIpc) is 3.23. The molecule has 0 amide bonds. The fourth-order valence-corrected chi connectivity index (χ4v) is 4.88. The number of hydrogen-bond acceptors (Lipinski definition) is 3. The molecule has 0 spiro atoms. The fourth-order valence-electron chi connectivity index (χ4n) is 2.94. The van der Waals surface area contributed by atoms with E-state index in [0.717, 1.165) is 23.7 Å². The maximum absolute atomic E-state index is 9.62. The van der Waals surface area contributed by atoms with E-state index in [1.54, 1.807) is 0 Å². The molecule has 2 fully saturated rings. The molecule has 0 heterocycles. The monoisotopic (exact) mass is 350 g/mol. The molecule has 106 valence electrons. The van der Waals surface area contributed by atoms with E-state index in [1.807, 2.05) is 11.8 Å². The number of nitriles is 1. The summed E-state index contributed by atoms with van der Waals surface area (Å²) in [4.78, 5) is 1.30. The molecule has 2 aliphatic carbocycles. The van der Waals surface area contributed by atoms with Crippen molar-refractivity contribution < 1.29 is 0 Å². The van der Waals surface area contributed by atoms with Gasteiger partial charge in [-0.2, -0.15) is 5.26 Å². The molecule has 3 rings (SSSR count). The topological polar surface area (TPSA) is 35.8 Å². The predicted molar refractivity (Wildman–Crippen MR) is 86.8 cm³/mol. The van der Waals surface area contributed by atoms with E-state index >= 15 is 0 Å². The summed E-state index contributed by atoms with van der Waals surface area (Å²) in [6.45, 7) is 0. The van der Waals surface area contributed by atoms with Crippen LogP contribution in [-0.2, 0) is 0 Å². The van der Waals surface area contributed by atoms with Crippen LogP contribution in [0, 0.1) is 11.3 Å². The van der Waals surface area contributed by atoms with Gasteiger partial charge in [-0.1, -0.05) is 22.0 Å². The number of hydrogen-bond donors (Lipinski definition) is 1. The Bertz CT molecular complexity index is 523. The van der Waals surface area contributed by atoms with Gasteiger partial charge in [-0.05, 0) is 56.7 Å². The van der Waals surface area contributed by atoms with Crippen molar-refractivity contribution >= 4 is 27.7 Å². The lowest BCUT2D eigenvalue weighted by Crippen LogP contribution is -2.49. The number of benzene rings is 1. The smallest absolute Gasteiger partial charge is 0.108 e. The van der Waals surface area contributed by atoms with Crippen LogP contribution in [0.2, 0.25) is 0 Å². The van der Waals surface area contributed by atoms with Gasteiger partial charge in [-0.15, -0.1) is 11.8 Å². The minimum atomic E-state index is -0.275. The molecular weight excluding hydrogens is 332 g/mol. The van der Waals surface area contributed by atoms with Crippen LogP contribution < -0.4 is 5.32 Å². The quantitative estimate of drug-likeness (QED) is 0.868. The number of nitrogens with one attached hydrogen (secondary N) is 1. The highest BCUT2D eigenvalue weighted by molar-refractivity contribution is 9.10. The van der Waals surface area contributed by atoms with Crippen LogP contribution in [0.3, 0.4) is 0 Å². The second kappa shape index (κ2) is 6.09. The molecule has 1 N–H and O–H groups in total. The van der Waals surface area contributed by atoms with Gasteiger partial charge in [0.2, 0.25) is 0 Å². The summed E-state index contributed by atoms with van der Waals surface area (Å²) < 4.78 is 1.13. The molecule has 0 aliphatic heterocycles. The Kier molecular flexibility index (Phi) is 4.40. The van der Waals surface area contributed by atoms with Crippen molar-refractivity contribution in [2.75, 3.05) is 0 Å². The van der Waals surface area contributed by atoms with E-state index < -0.39 is 0 Å². The van der Waals surface area contributed by atoms with Crippen LogP contribution in [0.5, 0.6) is 0 Å². The molecule has 4 heteroatoms. The van der Waals surface area contributed by atoms with E-state index in [2.05, 4.69) is 51.6 Å². The SMILES string of the molecule is N#CC1(NC2CC2)CCCC(Sc2cccc(Br)c2)C1. The third-order valence-electron chi connectivity index (χ3n) is 4.08. The van der Waals surface area contributed by atoms with Gasteiger partial charge in [0, 0.05) is 20.7 Å². The fraction of sp³-hybridized carbons (Fsp3) is 0.562. The molecule has 0 radical (unpaired) electrons. The van der Waals surface area contributed by atoms with Crippen molar-refractivity contribution in [2.24, 2.45) is 0 Å². The lowest BCUT2D eigenvalue weighted by Gasteiger charge is -2.36. The second-order valence-corrected chi connectivity index (χ2v) is 8.20. The van der Waals surface area contributed by atoms with Crippen molar-refractivity contribution in [3.63, 3.8) is 0 Å². The summed E-state index contributed by atoms with van der Waals surface area (Å²) >= 11 is 5.45. The summed E-state index contributed by atoms with van der Waals surface area (Å²) in [6, 6.07) is 11.6. The van der Waals surface area contributed by atoms with Crippen molar-refractivity contribution in [3.05, 3.63) is 28.7 Å². The molecular formula is C16H19BrN2S. The first-order chi connectivity index (χ1) is 9.69. The van der Waals surface area contributed by atoms with Crippen LogP contribution in [-0.4, -0.2) is 16.8 Å². The highest BCUT2D eigenvalue weighted by Crippen LogP contribution is 2.40. The summed E-state index contributed by atoms with van der Waals surface area (Å²) in [5.41, 5.74) is -0.275. The molecule has 2 saturated carbocycles. The second-order valence-electron chi connectivity index (χ2n) is 5.91. The van der Waals surface area contributed by atoms with Crippen LogP contribution >= 0.6 is 27.7 Å². The molecule has 2 atom stereocenters. The molecule has 0 saturated heterocycles. The molecule has 0 bridgehead atoms. The Morgan fingerprint density at radius 3 is 2.90 bits per heavy atom. The Morgan fingerprint density at radius 1 is 1.35 bits per heavy atom. The van der Waals surface area contributed by atoms with Gasteiger partial charge in [0.15, 0.2) is 0 Å². The number of thioether (sulfide) groups is 1. The van der Waals surface area contributed by atoms with Gasteiger partial charge in [-0.25, -0.2) is 0 Å². The average molecular weight is 351 g/mol. The van der Waals surface area contributed by atoms with Crippen molar-refractivity contribution in [3.8, 4) is 6.07 Å². The highest BCUT2D eigenvalue weighted by Gasteiger charge is 2.40. The van der Waals surface area contributed by atoms with Crippen LogP contribution in [0.4, 0.5) is 0 Å². The van der Waals surface area contributed by atoms with Gasteiger partial charge >= 0.3 is 0 Å². The van der Waals surface area contributed by atoms with E-state index in [4.69, 9.17) is 0 Å². The first-order valence-electron chi connectivity index (χ1n) is 7.30. The molecule has 2 unspecified atom stereocenters. The van der Waals surface area contributed by atoms with Crippen LogP contribution in [0.25, 0.3) is 0 Å². The minimum Gasteiger partial charge on any atom is -0.297 e. The standard InChI is InChI=1S/C16H19BrN2S/c17-12-3-1-4-14(9-12)20-15-5-2-8-16(10-15,11-18)19-13-6-7-13/h1,3-4,9,13,15,19H,2,5-8,10H2. The molecule has 2 nitrogen and oxygen atoms in total. The Labute approximate surface area is 133 Å². The maximum Gasteiger partial charge on any atom is 0.108 e. The Hall–Kier alpha value is -0.500. The van der Waals surface area contributed by atoms with Crippen molar-refractivity contribution in [1.82, 2.24) is 5.32 Å². The zero-order valence-corrected chi connectivity index (χ0v) is 13.8. The summed E-state index contributed by atoms with van der Waals surface area (Å²) in [5, 5.41) is 13.8. The van der Waals surface area contributed by atoms with Gasteiger partial charge in [0.05, 0.1) is 6.07 Å². The molecule has 2 aliphatic rings. The van der Waals surface area contributed by atoms with Crippen molar-refractivity contribution in [2.45, 2.75) is 60.3 Å². The lowest BCUT2D eigenvalue weighted by atomic mass is 9.82. The number of halogens is 1. The van der Waals surface area contributed by atoms with Gasteiger partial charge in [0.25, 0.3) is 0 Å². The Morgan fingerprint density at radius 2 is 2.20 bits per heavy atom. The van der Waals surface area contributed by atoms with Crippen LogP contribution in [0.1, 0.15) is 38.5 Å². The maximum atomic E-state index is 9.62. The van der Waals surface area contributed by atoms with E-state index in [1.165, 1.54) is 24.2 Å². The first-order valence-corrected chi connectivity index (χ1v) is 8.98. The summed E-state index contributed by atoms with van der Waals surface area (Å²) in [7, 11) is 0. The highest BCUT2D eigenvalue weighted by atomic mass is 79.9. The molecule has 1 aromatic rings. The van der Waals surface area contributed by atoms with Gasteiger partial charge in [-0.3, -0.25) is 5.32 Å². The Balaban J connectivity index is 1.66. The lowest BCUT2D eigenvalue weighted by molar-refractivity contribution is 0.301. The number of rotatable bonds is 4. The van der Waals surface area contributed by atoms with E-state index in [0.29, 0.717) is 11.3 Å². The zero-order valence-electron chi connectivity index (χ0n) is 11.4. The van der Waals surface area contributed by atoms with E-state index in [-0.39, 0.29) is 5.54 Å². The van der Waals surface area contributed by atoms with Gasteiger partial charge in [0.1, 0.15) is 5.54 Å². The van der Waals surface area contributed by atoms with Crippen molar-refractivity contribution in [1.29, 1.82) is 5.26 Å². The third-order valence-corrected chi connectivity index (χ3v) is 5.83. The molecule has 0 aromatic heterocycles. The zero-order chi connectivity index (χ0) is 14.0. The van der Waals surface area contributed by atoms with Gasteiger partial charge < -0.3 is 0 Å². The first kappa shape index (κ1) is 14.4. The largest absolute Gasteiger partial charge is 0.297 e. The van der Waals surface area contributed by atoms with Crippen LogP contribution in [0.15, 0.2) is 33.6 Å². The summed E-state index contributed by atoms with van der Waals surface area (Å²) in [6.07, 6.45) is 6.83. The number of nitrogens with zero attached hydrogens (tertiary/aromatic N) is 1. The minimum absolute atomic E-state index is 0.275. The summed E-state index contributed by atoms with van der Waals surface area (Å²) in [5.74, 6) is 0. The molecule has 20 heavy (non-hydrogen) atoms. The molecule has 1 aromatic carbocycles.